The van der Waals surface area contributed by atoms with Gasteiger partial charge in [-0.25, -0.2) is 4.98 Å². The minimum absolute atomic E-state index is 0.0328. The van der Waals surface area contributed by atoms with Crippen LogP contribution in [0.25, 0.3) is 10.9 Å². The Morgan fingerprint density at radius 2 is 2.11 bits per heavy atom. The molecule has 2 aliphatic rings. The molecule has 3 aromatic rings. The summed E-state index contributed by atoms with van der Waals surface area (Å²) in [7, 11) is 0. The third-order valence-electron chi connectivity index (χ3n) is 5.92. The molecule has 4 N–H and O–H groups in total. The van der Waals surface area contributed by atoms with Crippen LogP contribution < -0.4 is 21.6 Å². The van der Waals surface area contributed by atoms with E-state index in [9.17, 15) is 11.0 Å². The monoisotopic (exact) mass is 507 g/mol. The van der Waals surface area contributed by atoms with E-state index in [1.54, 1.807) is 6.07 Å². The number of hydrazine groups is 2. The lowest BCUT2D eigenvalue weighted by Crippen LogP contribution is -2.38. The molecule has 0 bridgehead atoms. The maximum atomic E-state index is 13.7. The number of nitriles is 1. The second-order valence-electron chi connectivity index (χ2n) is 10.2. The predicted octanol–water partition coefficient (Wildman–Crippen LogP) is 5.23. The zero-order valence-corrected chi connectivity index (χ0v) is 21.0. The molecule has 2 aromatic heterocycles. The van der Waals surface area contributed by atoms with Gasteiger partial charge in [0.05, 0.1) is 34.9 Å². The number of aromatic nitrogens is 2. The molecule has 5 rings (SSSR count). The van der Waals surface area contributed by atoms with Gasteiger partial charge in [0.25, 0.3) is 0 Å². The molecule has 1 aliphatic carbocycles. The van der Waals surface area contributed by atoms with Crippen molar-refractivity contribution in [1.29, 1.82) is 5.26 Å². The Morgan fingerprint density at radius 3 is 2.78 bits per heavy atom. The van der Waals surface area contributed by atoms with E-state index in [1.165, 1.54) is 24.5 Å². The number of halogens is 2. The fourth-order valence-electron chi connectivity index (χ4n) is 3.93. The molecule has 1 atom stereocenters. The first kappa shape index (κ1) is 22.8. The van der Waals surface area contributed by atoms with E-state index in [2.05, 4.69) is 58.4 Å². The van der Waals surface area contributed by atoms with Crippen LogP contribution in [0.1, 0.15) is 52.1 Å². The zero-order valence-electron chi connectivity index (χ0n) is 21.3. The average Bonchev–Trinajstić information content (AvgIpc) is 3.58. The van der Waals surface area contributed by atoms with Crippen molar-refractivity contribution in [3.63, 3.8) is 0 Å². The lowest BCUT2D eigenvalue weighted by Gasteiger charge is -2.23. The molecule has 1 aromatic carbocycles. The summed E-state index contributed by atoms with van der Waals surface area (Å²) in [5, 5.41) is 19.4. The van der Waals surface area contributed by atoms with Crippen LogP contribution in [-0.4, -0.2) is 27.6 Å². The third kappa shape index (κ3) is 5.15. The molecular weight excluding hydrogens is 479 g/mol. The zero-order chi connectivity index (χ0) is 26.4. The van der Waals surface area contributed by atoms with Gasteiger partial charge in [-0.05, 0) is 42.0 Å². The SMILES string of the molecule is [2H]C(Nc1cc(Cl)c2ncc(C#N)c(NCC(C)(C)C)c2c1)(C1=CN(C2CC2)NN1)c1ccc(F)nc1. The number of rotatable bonds is 7. The lowest BCUT2D eigenvalue weighted by atomic mass is 9.96. The van der Waals surface area contributed by atoms with E-state index in [4.69, 9.17) is 11.6 Å². The van der Waals surface area contributed by atoms with Crippen molar-refractivity contribution in [3.05, 3.63) is 70.7 Å². The number of nitrogens with one attached hydrogen (secondary N) is 4. The molecule has 10 heteroatoms. The number of hydrogen-bond acceptors (Lipinski definition) is 8. The maximum absolute atomic E-state index is 13.7. The molecule has 0 saturated heterocycles. The van der Waals surface area contributed by atoms with Crippen molar-refractivity contribution < 1.29 is 5.76 Å². The fraction of sp³-hybridized carbons (Fsp3) is 0.346. The molecule has 1 unspecified atom stereocenters. The number of benzene rings is 1. The van der Waals surface area contributed by atoms with Crippen molar-refractivity contribution >= 4 is 33.9 Å². The smallest absolute Gasteiger partial charge is 0.212 e. The van der Waals surface area contributed by atoms with Gasteiger partial charge in [-0.3, -0.25) is 9.99 Å². The summed E-state index contributed by atoms with van der Waals surface area (Å²) < 4.78 is 23.1. The fourth-order valence-corrected chi connectivity index (χ4v) is 4.20. The molecule has 3 heterocycles. The Hall–Kier alpha value is -3.61. The van der Waals surface area contributed by atoms with Crippen molar-refractivity contribution in [2.75, 3.05) is 17.2 Å². The van der Waals surface area contributed by atoms with Gasteiger partial charge in [-0.1, -0.05) is 38.4 Å². The van der Waals surface area contributed by atoms with Gasteiger partial charge in [0.15, 0.2) is 0 Å². The van der Waals surface area contributed by atoms with E-state index in [0.29, 0.717) is 56.7 Å². The first-order valence-electron chi connectivity index (χ1n) is 12.3. The minimum atomic E-state index is -1.56. The topological polar surface area (TPSA) is 101 Å². The van der Waals surface area contributed by atoms with E-state index >= 15 is 0 Å². The van der Waals surface area contributed by atoms with Crippen LogP contribution in [0.15, 0.2) is 48.6 Å². The quantitative estimate of drug-likeness (QED) is 0.322. The number of hydrogen-bond donors (Lipinski definition) is 4. The Bertz CT molecular complexity index is 1410. The Labute approximate surface area is 215 Å². The summed E-state index contributed by atoms with van der Waals surface area (Å²) in [5.41, 5.74) is 9.19. The van der Waals surface area contributed by atoms with Crippen LogP contribution >= 0.6 is 11.6 Å². The molecule has 1 aliphatic heterocycles. The van der Waals surface area contributed by atoms with Crippen LogP contribution in [-0.2, 0) is 0 Å². The highest BCUT2D eigenvalue weighted by atomic mass is 35.5. The number of pyridine rings is 2. The van der Waals surface area contributed by atoms with Gasteiger partial charge in [0.2, 0.25) is 5.95 Å². The van der Waals surface area contributed by atoms with Crippen LogP contribution in [0.4, 0.5) is 15.8 Å². The molecule has 1 saturated carbocycles. The van der Waals surface area contributed by atoms with Crippen molar-refractivity contribution in [2.45, 2.75) is 45.7 Å². The Morgan fingerprint density at radius 1 is 1.31 bits per heavy atom. The highest BCUT2D eigenvalue weighted by Crippen LogP contribution is 2.36. The Kier molecular flexibility index (Phi) is 5.99. The third-order valence-corrected chi connectivity index (χ3v) is 6.21. The lowest BCUT2D eigenvalue weighted by molar-refractivity contribution is 0.260. The molecule has 0 amide bonds. The summed E-state index contributed by atoms with van der Waals surface area (Å²) in [6.45, 7) is 6.92. The first-order chi connectivity index (χ1) is 17.6. The number of nitrogens with zero attached hydrogens (tertiary/aromatic N) is 4. The van der Waals surface area contributed by atoms with Crippen LogP contribution in [0.5, 0.6) is 0 Å². The summed E-state index contributed by atoms with van der Waals surface area (Å²) in [4.78, 5) is 8.19. The normalized spacial score (nSPS) is 17.6. The van der Waals surface area contributed by atoms with Crippen molar-refractivity contribution in [1.82, 2.24) is 25.9 Å². The van der Waals surface area contributed by atoms with Gasteiger partial charge in [0, 0.05) is 42.3 Å². The molecule has 1 fully saturated rings. The molecule has 0 radical (unpaired) electrons. The summed E-state index contributed by atoms with van der Waals surface area (Å²) in [6, 6.07) is 7.28. The number of fused-ring (bicyclic) bond motifs is 1. The highest BCUT2D eigenvalue weighted by Gasteiger charge is 2.32. The standard InChI is InChI=1S/C26H28ClFN8/c1-26(2,3)14-32-23-16(10-29)12-31-25-19(23)8-17(9-20(25)27)33-24(15-4-7-22(28)30-11-15)21-13-36(35-34-21)18-5-6-18/h4,7-9,11-13,18,24,33-35H,5-6,14H2,1-3H3,(H,31,32)/i24D. The van der Waals surface area contributed by atoms with E-state index in [1.807, 2.05) is 17.3 Å². The largest absolute Gasteiger partial charge is 0.383 e. The van der Waals surface area contributed by atoms with E-state index in [-0.39, 0.29) is 5.41 Å². The van der Waals surface area contributed by atoms with Crippen molar-refractivity contribution in [2.24, 2.45) is 5.41 Å². The Balaban J connectivity index is 1.60. The predicted molar refractivity (Wildman–Crippen MR) is 139 cm³/mol. The molecule has 8 nitrogen and oxygen atoms in total. The van der Waals surface area contributed by atoms with Gasteiger partial charge in [-0.15, -0.1) is 5.53 Å². The molecule has 186 valence electrons. The van der Waals surface area contributed by atoms with E-state index < -0.39 is 12.0 Å². The molecule has 36 heavy (non-hydrogen) atoms. The highest BCUT2D eigenvalue weighted by molar-refractivity contribution is 6.35. The summed E-state index contributed by atoms with van der Waals surface area (Å²) in [6.07, 6.45) is 6.82. The van der Waals surface area contributed by atoms with Crippen LogP contribution in [0.2, 0.25) is 5.02 Å². The van der Waals surface area contributed by atoms with Crippen LogP contribution in [0, 0.1) is 22.7 Å². The van der Waals surface area contributed by atoms with Gasteiger partial charge in [0.1, 0.15) is 6.07 Å². The molecule has 0 spiro atoms. The maximum Gasteiger partial charge on any atom is 0.212 e. The molecular formula is C26H28ClFN8. The average molecular weight is 508 g/mol. The number of anilines is 2. The second kappa shape index (κ2) is 9.45. The van der Waals surface area contributed by atoms with Gasteiger partial charge in [-0.2, -0.15) is 9.65 Å². The van der Waals surface area contributed by atoms with E-state index in [0.717, 1.165) is 12.8 Å². The van der Waals surface area contributed by atoms with Gasteiger partial charge < -0.3 is 16.1 Å². The minimum Gasteiger partial charge on any atom is -0.383 e. The summed E-state index contributed by atoms with van der Waals surface area (Å²) in [5.74, 6) is -0.629. The van der Waals surface area contributed by atoms with Crippen LogP contribution in [0.3, 0.4) is 0 Å². The summed E-state index contributed by atoms with van der Waals surface area (Å²) >= 11 is 6.66. The first-order valence-corrected chi connectivity index (χ1v) is 12.1. The van der Waals surface area contributed by atoms with Gasteiger partial charge >= 0.3 is 0 Å². The van der Waals surface area contributed by atoms with Crippen molar-refractivity contribution in [3.8, 4) is 6.07 Å². The second-order valence-corrected chi connectivity index (χ2v) is 10.6.